The van der Waals surface area contributed by atoms with Gasteiger partial charge in [-0.1, -0.05) is 19.9 Å². The lowest BCUT2D eigenvalue weighted by Crippen LogP contribution is -2.31. The van der Waals surface area contributed by atoms with E-state index in [2.05, 4.69) is 43.8 Å². The molecule has 3 heteroatoms. The van der Waals surface area contributed by atoms with Crippen molar-refractivity contribution in [3.63, 3.8) is 0 Å². The van der Waals surface area contributed by atoms with Gasteiger partial charge in [0.05, 0.1) is 0 Å². The van der Waals surface area contributed by atoms with Crippen LogP contribution in [0.3, 0.4) is 0 Å². The van der Waals surface area contributed by atoms with E-state index in [1.807, 2.05) is 13.1 Å². The molecular weight excluding hydrogens is 222 g/mol. The van der Waals surface area contributed by atoms with Crippen LogP contribution >= 0.6 is 0 Å². The van der Waals surface area contributed by atoms with Crippen LogP contribution in [0, 0.1) is 6.92 Å². The highest BCUT2D eigenvalue weighted by Gasteiger charge is 2.14. The highest BCUT2D eigenvalue weighted by molar-refractivity contribution is 5.47. The Labute approximate surface area is 111 Å². The second-order valence-electron chi connectivity index (χ2n) is 5.25. The van der Waals surface area contributed by atoms with Crippen molar-refractivity contribution in [1.29, 1.82) is 0 Å². The van der Waals surface area contributed by atoms with Gasteiger partial charge in [0.25, 0.3) is 0 Å². The number of aryl methyl sites for hydroxylation is 1. The second-order valence-corrected chi connectivity index (χ2v) is 5.25. The van der Waals surface area contributed by atoms with Crippen LogP contribution < -0.4 is 10.6 Å². The lowest BCUT2D eigenvalue weighted by atomic mass is 10.1. The van der Waals surface area contributed by atoms with E-state index < -0.39 is 0 Å². The highest BCUT2D eigenvalue weighted by Crippen LogP contribution is 2.21. The third kappa shape index (κ3) is 3.70. The first-order chi connectivity index (χ1) is 8.49. The van der Waals surface area contributed by atoms with Crippen molar-refractivity contribution < 1.29 is 0 Å². The molecule has 18 heavy (non-hydrogen) atoms. The van der Waals surface area contributed by atoms with Gasteiger partial charge in [0, 0.05) is 25.3 Å². The van der Waals surface area contributed by atoms with Crippen molar-refractivity contribution in [3.05, 3.63) is 23.4 Å². The number of hydrogen-bond donors (Lipinski definition) is 1. The van der Waals surface area contributed by atoms with Gasteiger partial charge in [-0.25, -0.2) is 4.98 Å². The molecule has 0 saturated heterocycles. The molecule has 0 aliphatic carbocycles. The molecule has 0 saturated carbocycles. The summed E-state index contributed by atoms with van der Waals surface area (Å²) in [5, 5.41) is 0. The molecule has 1 rings (SSSR count). The van der Waals surface area contributed by atoms with E-state index in [1.165, 1.54) is 11.1 Å². The fourth-order valence-electron chi connectivity index (χ4n) is 2.49. The standard InChI is InChI=1S/C15H27N3/c1-6-14(7-2)18(5)15-11(3)8-13(10-17-15)9-12(4)16/h8,10,12,14H,6-7,9,16H2,1-5H3. The van der Waals surface area contributed by atoms with Crippen LogP contribution in [0.5, 0.6) is 0 Å². The van der Waals surface area contributed by atoms with Crippen LogP contribution in [0.4, 0.5) is 5.82 Å². The molecule has 0 aliphatic rings. The molecule has 102 valence electrons. The summed E-state index contributed by atoms with van der Waals surface area (Å²) >= 11 is 0. The van der Waals surface area contributed by atoms with Crippen LogP contribution in [0.15, 0.2) is 12.3 Å². The number of hydrogen-bond acceptors (Lipinski definition) is 3. The average molecular weight is 249 g/mol. The lowest BCUT2D eigenvalue weighted by Gasteiger charge is -2.28. The predicted octanol–water partition coefficient (Wildman–Crippen LogP) is 2.90. The third-order valence-corrected chi connectivity index (χ3v) is 3.49. The topological polar surface area (TPSA) is 42.2 Å². The van der Waals surface area contributed by atoms with Gasteiger partial charge < -0.3 is 10.6 Å². The Morgan fingerprint density at radius 3 is 2.39 bits per heavy atom. The maximum atomic E-state index is 5.83. The van der Waals surface area contributed by atoms with Crippen molar-refractivity contribution in [2.75, 3.05) is 11.9 Å². The van der Waals surface area contributed by atoms with E-state index in [1.54, 1.807) is 0 Å². The van der Waals surface area contributed by atoms with Crippen molar-refractivity contribution >= 4 is 5.82 Å². The Balaban J connectivity index is 2.91. The smallest absolute Gasteiger partial charge is 0.131 e. The molecule has 0 aromatic carbocycles. The largest absolute Gasteiger partial charge is 0.357 e. The number of aromatic nitrogens is 1. The number of anilines is 1. The molecule has 3 nitrogen and oxygen atoms in total. The fraction of sp³-hybridized carbons (Fsp3) is 0.667. The van der Waals surface area contributed by atoms with Gasteiger partial charge in [0.15, 0.2) is 0 Å². The summed E-state index contributed by atoms with van der Waals surface area (Å²) in [7, 11) is 2.14. The van der Waals surface area contributed by atoms with Gasteiger partial charge in [-0.05, 0) is 44.2 Å². The molecule has 1 aromatic heterocycles. The van der Waals surface area contributed by atoms with Crippen molar-refractivity contribution in [1.82, 2.24) is 4.98 Å². The molecule has 0 spiro atoms. The summed E-state index contributed by atoms with van der Waals surface area (Å²) in [5.41, 5.74) is 8.29. The number of nitrogens with two attached hydrogens (primary N) is 1. The van der Waals surface area contributed by atoms with Gasteiger partial charge >= 0.3 is 0 Å². The Morgan fingerprint density at radius 2 is 1.94 bits per heavy atom. The van der Waals surface area contributed by atoms with E-state index in [-0.39, 0.29) is 6.04 Å². The maximum Gasteiger partial charge on any atom is 0.131 e. The van der Waals surface area contributed by atoms with Crippen LogP contribution in [-0.2, 0) is 6.42 Å². The van der Waals surface area contributed by atoms with Gasteiger partial charge in [0.2, 0.25) is 0 Å². The first-order valence-electron chi connectivity index (χ1n) is 6.93. The van der Waals surface area contributed by atoms with E-state index in [4.69, 9.17) is 5.73 Å². The Morgan fingerprint density at radius 1 is 1.33 bits per heavy atom. The van der Waals surface area contributed by atoms with E-state index >= 15 is 0 Å². The summed E-state index contributed by atoms with van der Waals surface area (Å²) in [6.45, 7) is 8.61. The van der Waals surface area contributed by atoms with Gasteiger partial charge in [-0.3, -0.25) is 0 Å². The normalized spacial score (nSPS) is 12.8. The number of nitrogens with zero attached hydrogens (tertiary/aromatic N) is 2. The lowest BCUT2D eigenvalue weighted by molar-refractivity contribution is 0.585. The molecule has 0 bridgehead atoms. The summed E-state index contributed by atoms with van der Waals surface area (Å²) in [5.74, 6) is 1.09. The van der Waals surface area contributed by atoms with Crippen LogP contribution in [0.2, 0.25) is 0 Å². The minimum Gasteiger partial charge on any atom is -0.357 e. The molecule has 1 atom stereocenters. The van der Waals surface area contributed by atoms with Gasteiger partial charge in [-0.15, -0.1) is 0 Å². The molecule has 0 radical (unpaired) electrons. The quantitative estimate of drug-likeness (QED) is 0.843. The van der Waals surface area contributed by atoms with Crippen LogP contribution in [0.1, 0.15) is 44.7 Å². The maximum absolute atomic E-state index is 5.83. The van der Waals surface area contributed by atoms with E-state index in [9.17, 15) is 0 Å². The zero-order valence-corrected chi connectivity index (χ0v) is 12.4. The van der Waals surface area contributed by atoms with E-state index in [0.29, 0.717) is 6.04 Å². The molecule has 0 amide bonds. The summed E-state index contributed by atoms with van der Waals surface area (Å²) < 4.78 is 0. The molecule has 2 N–H and O–H groups in total. The Hall–Kier alpha value is -1.09. The van der Waals surface area contributed by atoms with Crippen LogP contribution in [-0.4, -0.2) is 24.1 Å². The zero-order chi connectivity index (χ0) is 13.7. The SMILES string of the molecule is CCC(CC)N(C)c1ncc(CC(C)N)cc1C. The predicted molar refractivity (Wildman–Crippen MR) is 79.1 cm³/mol. The summed E-state index contributed by atoms with van der Waals surface area (Å²) in [4.78, 5) is 6.91. The van der Waals surface area contributed by atoms with Crippen molar-refractivity contribution in [2.45, 2.75) is 59.0 Å². The number of pyridine rings is 1. The monoisotopic (exact) mass is 249 g/mol. The summed E-state index contributed by atoms with van der Waals surface area (Å²) in [6.07, 6.45) is 5.15. The van der Waals surface area contributed by atoms with Gasteiger partial charge in [-0.2, -0.15) is 0 Å². The summed E-state index contributed by atoms with van der Waals surface area (Å²) in [6, 6.07) is 2.97. The second kappa shape index (κ2) is 6.74. The minimum absolute atomic E-state index is 0.189. The third-order valence-electron chi connectivity index (χ3n) is 3.49. The van der Waals surface area contributed by atoms with E-state index in [0.717, 1.165) is 25.1 Å². The molecule has 1 heterocycles. The van der Waals surface area contributed by atoms with Crippen molar-refractivity contribution in [2.24, 2.45) is 5.73 Å². The molecule has 0 aliphatic heterocycles. The molecular formula is C15H27N3. The minimum atomic E-state index is 0.189. The van der Waals surface area contributed by atoms with Crippen molar-refractivity contribution in [3.8, 4) is 0 Å². The van der Waals surface area contributed by atoms with Crippen LogP contribution in [0.25, 0.3) is 0 Å². The zero-order valence-electron chi connectivity index (χ0n) is 12.4. The number of rotatable bonds is 6. The Bertz CT molecular complexity index is 370. The first-order valence-corrected chi connectivity index (χ1v) is 6.93. The molecule has 0 fully saturated rings. The first kappa shape index (κ1) is 15.0. The molecule has 1 unspecified atom stereocenters. The molecule has 1 aromatic rings. The highest BCUT2D eigenvalue weighted by atomic mass is 15.2. The average Bonchev–Trinajstić information content (AvgIpc) is 2.29. The fourth-order valence-corrected chi connectivity index (χ4v) is 2.49. The Kier molecular flexibility index (Phi) is 5.60. The van der Waals surface area contributed by atoms with Gasteiger partial charge in [0.1, 0.15) is 5.82 Å².